The first kappa shape index (κ1) is 61.5. The number of hydrogen-bond acceptors (Lipinski definition) is 11. The molecule has 2 aliphatic heterocycles. The van der Waals surface area contributed by atoms with E-state index in [0.717, 1.165) is 150 Å². The van der Waals surface area contributed by atoms with E-state index < -0.39 is 5.92 Å². The summed E-state index contributed by atoms with van der Waals surface area (Å²) in [5, 5.41) is 20.5. The molecule has 0 saturated carbocycles. The molecule has 8 aromatic rings. The van der Waals surface area contributed by atoms with Gasteiger partial charge < -0.3 is 19.7 Å². The second-order valence-electron chi connectivity index (χ2n) is 22.7. The Balaban J connectivity index is 0.000000185. The number of hydrogen-bond donors (Lipinski definition) is 1. The second kappa shape index (κ2) is 25.9. The summed E-state index contributed by atoms with van der Waals surface area (Å²) in [6.07, 6.45) is 1.84. The zero-order valence-electron chi connectivity index (χ0n) is 51.4. The lowest BCUT2D eigenvalue weighted by atomic mass is 9.78. The first-order valence-corrected chi connectivity index (χ1v) is 29.3. The summed E-state index contributed by atoms with van der Waals surface area (Å²) in [6.45, 7) is 32.8. The Morgan fingerprint density at radius 1 is 0.554 bits per heavy atom. The number of rotatable bonds is 12. The summed E-state index contributed by atoms with van der Waals surface area (Å²) < 4.78 is 14.1. The van der Waals surface area contributed by atoms with Crippen molar-refractivity contribution >= 4 is 56.8 Å². The van der Waals surface area contributed by atoms with Gasteiger partial charge in [0.05, 0.1) is 37.1 Å². The van der Waals surface area contributed by atoms with Crippen LogP contribution < -0.4 is 5.32 Å². The standard InChI is InChI=1S/C34H40N4O3.C23H28N4O2.C11H13ClO/c1-9-38-29-13-12-28(23(6)32(29)35-36-38)31(24(7)34(40)41-8)26-11-10-25-14-15-37(18-27(25)17-26)33(39)30-21(4)19(2)16-20(3)22(30)5;1-5-27-20-9-8-19(14(2)22(20)25-26-27)21(15(3)23(28)29-4)17-7-6-16-10-11-24-13-18(16)12-17;1-6-5-7(2)9(4)10(8(6)3)11(12)13/h10-13,16-17,24,31H,9,14-15,18H2,1-8H3;6-9,12,15,21,24H,5,10-11,13H2,1-4H3;5H,1-4H3/t24-,31+;15-,21+;/m11./s1. The first-order chi connectivity index (χ1) is 39.6. The number of halogens is 1. The number of nitrogens with zero attached hydrogens (tertiary/aromatic N) is 7. The van der Waals surface area contributed by atoms with Gasteiger partial charge in [-0.15, -0.1) is 10.2 Å². The smallest absolute Gasteiger partial charge is 0.309 e. The largest absolute Gasteiger partial charge is 0.469 e. The molecule has 0 unspecified atom stereocenters. The number of carbonyl (C=O) groups excluding carboxylic acids is 4. The first-order valence-electron chi connectivity index (χ1n) is 29.0. The zero-order chi connectivity index (χ0) is 60.3. The van der Waals surface area contributed by atoms with E-state index in [1.807, 2.05) is 82.6 Å². The molecular formula is C68H81ClN8O6. The Bertz CT molecular complexity index is 3750. The molecule has 0 fully saturated rings. The highest BCUT2D eigenvalue weighted by Gasteiger charge is 2.34. The van der Waals surface area contributed by atoms with Gasteiger partial charge >= 0.3 is 11.9 Å². The zero-order valence-corrected chi connectivity index (χ0v) is 52.1. The fourth-order valence-corrected chi connectivity index (χ4v) is 12.8. The molecule has 6 aromatic carbocycles. The number of methoxy groups -OCH3 is 2. The van der Waals surface area contributed by atoms with Crippen LogP contribution in [0.3, 0.4) is 0 Å². The molecular weight excluding hydrogens is 1060 g/mol. The molecule has 0 spiro atoms. The number of aryl methyl sites for hydroxylation is 8. The third kappa shape index (κ3) is 12.3. The van der Waals surface area contributed by atoms with E-state index in [4.69, 9.17) is 21.1 Å². The van der Waals surface area contributed by atoms with Crippen molar-refractivity contribution in [1.29, 1.82) is 0 Å². The maximum Gasteiger partial charge on any atom is 0.309 e. The Morgan fingerprint density at radius 3 is 1.42 bits per heavy atom. The summed E-state index contributed by atoms with van der Waals surface area (Å²) in [4.78, 5) is 52.5. The molecule has 10 rings (SSSR count). The third-order valence-corrected chi connectivity index (χ3v) is 18.1. The van der Waals surface area contributed by atoms with Gasteiger partial charge in [-0.1, -0.05) is 84.9 Å². The molecule has 2 aliphatic rings. The predicted molar refractivity (Wildman–Crippen MR) is 330 cm³/mol. The Labute approximate surface area is 494 Å². The molecule has 0 radical (unpaired) electrons. The summed E-state index contributed by atoms with van der Waals surface area (Å²) in [5.74, 6) is -1.46. The molecule has 2 aromatic heterocycles. The van der Waals surface area contributed by atoms with E-state index in [9.17, 15) is 19.2 Å². The monoisotopic (exact) mass is 1140 g/mol. The van der Waals surface area contributed by atoms with E-state index in [2.05, 4.69) is 127 Å². The molecule has 14 nitrogen and oxygen atoms in total. The number of nitrogens with one attached hydrogen (secondary N) is 1. The van der Waals surface area contributed by atoms with Gasteiger partial charge in [-0.05, 0) is 226 Å². The molecule has 4 atom stereocenters. The highest BCUT2D eigenvalue weighted by Crippen LogP contribution is 2.40. The van der Waals surface area contributed by atoms with Gasteiger partial charge in [-0.3, -0.25) is 19.2 Å². The van der Waals surface area contributed by atoms with E-state index >= 15 is 0 Å². The number of benzene rings is 6. The molecule has 1 amide bonds. The molecule has 0 bridgehead atoms. The SMILES string of the molecule is CCn1nnc2c(C)c([C@H](c3ccc4c(c3)CN(C(=O)c3c(C)c(C)cc(C)c3C)CC4)[C@@H](C)C(=O)OC)ccc21.CCn1nnc2c(C)c([C@H](c3ccc4c(c3)CNCC4)[C@@H](C)C(=O)OC)ccc21.Cc1cc(C)c(C)c(C(=O)Cl)c1C. The topological polar surface area (TPSA) is 163 Å². The Morgan fingerprint density at radius 2 is 0.988 bits per heavy atom. The fourth-order valence-electron chi connectivity index (χ4n) is 12.5. The van der Waals surface area contributed by atoms with Crippen molar-refractivity contribution in [1.82, 2.24) is 40.2 Å². The van der Waals surface area contributed by atoms with E-state index in [-0.39, 0.29) is 40.8 Å². The van der Waals surface area contributed by atoms with E-state index in [0.29, 0.717) is 18.7 Å². The van der Waals surface area contributed by atoms with Crippen LogP contribution in [0.4, 0.5) is 0 Å². The number of aromatic nitrogens is 6. The number of carbonyl (C=O) groups is 4. The van der Waals surface area contributed by atoms with Crippen LogP contribution in [0.2, 0.25) is 0 Å². The lowest BCUT2D eigenvalue weighted by molar-refractivity contribution is -0.146. The minimum Gasteiger partial charge on any atom is -0.469 e. The summed E-state index contributed by atoms with van der Waals surface area (Å²) in [7, 11) is 2.89. The molecule has 83 heavy (non-hydrogen) atoms. The molecule has 0 aliphatic carbocycles. The summed E-state index contributed by atoms with van der Waals surface area (Å²) >= 11 is 5.52. The average molecular weight is 1140 g/mol. The van der Waals surface area contributed by atoms with Gasteiger partial charge in [-0.2, -0.15) is 0 Å². The maximum absolute atomic E-state index is 13.9. The van der Waals surface area contributed by atoms with Crippen LogP contribution in [0, 0.1) is 81.1 Å². The maximum atomic E-state index is 13.9. The fraction of sp³-hybridized carbons (Fsp3) is 0.412. The second-order valence-corrected chi connectivity index (χ2v) is 23.0. The molecule has 436 valence electrons. The van der Waals surface area contributed by atoms with Crippen molar-refractivity contribution in [2.75, 3.05) is 27.3 Å². The van der Waals surface area contributed by atoms with Crippen molar-refractivity contribution in [3.8, 4) is 0 Å². The quantitative estimate of drug-likeness (QED) is 0.0915. The van der Waals surface area contributed by atoms with Crippen molar-refractivity contribution in [3.05, 3.63) is 184 Å². The highest BCUT2D eigenvalue weighted by atomic mass is 35.5. The van der Waals surface area contributed by atoms with Crippen LogP contribution in [-0.4, -0.2) is 85.3 Å². The van der Waals surface area contributed by atoms with Crippen molar-refractivity contribution in [3.63, 3.8) is 0 Å². The Hall–Kier alpha value is -7.55. The predicted octanol–water partition coefficient (Wildman–Crippen LogP) is 12.8. The number of ether oxygens (including phenoxy) is 2. The van der Waals surface area contributed by atoms with Crippen LogP contribution in [0.15, 0.2) is 72.8 Å². The number of esters is 2. The van der Waals surface area contributed by atoms with Crippen molar-refractivity contribution < 1.29 is 28.7 Å². The van der Waals surface area contributed by atoms with E-state index in [1.165, 1.54) is 30.9 Å². The lowest BCUT2D eigenvalue weighted by Gasteiger charge is -2.32. The highest BCUT2D eigenvalue weighted by molar-refractivity contribution is 6.68. The van der Waals surface area contributed by atoms with Gasteiger partial charge in [-0.25, -0.2) is 9.36 Å². The molecule has 0 saturated heterocycles. The van der Waals surface area contributed by atoms with Gasteiger partial charge in [0.25, 0.3) is 11.1 Å². The third-order valence-electron chi connectivity index (χ3n) is 17.9. The number of amides is 1. The van der Waals surface area contributed by atoms with Crippen LogP contribution in [0.25, 0.3) is 22.1 Å². The molecule has 15 heteroatoms. The van der Waals surface area contributed by atoms with Gasteiger partial charge in [0.2, 0.25) is 0 Å². The van der Waals surface area contributed by atoms with Gasteiger partial charge in [0.15, 0.2) is 0 Å². The minimum atomic E-state index is -0.419. The van der Waals surface area contributed by atoms with E-state index in [1.54, 1.807) is 0 Å². The molecule has 4 heterocycles. The Kier molecular flexibility index (Phi) is 19.2. The van der Waals surface area contributed by atoms with Crippen molar-refractivity contribution in [2.45, 2.75) is 148 Å². The number of fused-ring (bicyclic) bond motifs is 4. The lowest BCUT2D eigenvalue weighted by Crippen LogP contribution is -2.37. The minimum absolute atomic E-state index is 0.0858. The summed E-state index contributed by atoms with van der Waals surface area (Å²) in [5.41, 5.74) is 25.3. The van der Waals surface area contributed by atoms with Gasteiger partial charge in [0, 0.05) is 55.7 Å². The average Bonchev–Trinajstić information content (AvgIpc) is 4.04. The van der Waals surface area contributed by atoms with Crippen LogP contribution in [0.1, 0.15) is 160 Å². The normalized spacial score (nSPS) is 14.3. The van der Waals surface area contributed by atoms with Crippen LogP contribution >= 0.6 is 11.6 Å². The van der Waals surface area contributed by atoms with Gasteiger partial charge in [0.1, 0.15) is 11.0 Å². The van der Waals surface area contributed by atoms with Crippen LogP contribution in [0.5, 0.6) is 0 Å². The molecule has 1 N–H and O–H groups in total. The van der Waals surface area contributed by atoms with Crippen LogP contribution in [-0.2, 0) is 58.1 Å². The summed E-state index contributed by atoms with van der Waals surface area (Å²) in [6, 6.07) is 25.7. The van der Waals surface area contributed by atoms with Crippen molar-refractivity contribution in [2.24, 2.45) is 11.8 Å².